The van der Waals surface area contributed by atoms with Crippen LogP contribution >= 0.6 is 0 Å². The standard InChI is InChI=1S/C13H16N2O/c1-11-8-15(14-13(11)10-16-2)9-12-6-4-3-5-7-12/h3-8H,9-10H2,1-2H3. The molecule has 0 aliphatic heterocycles. The summed E-state index contributed by atoms with van der Waals surface area (Å²) in [6, 6.07) is 10.3. The fourth-order valence-corrected chi connectivity index (χ4v) is 1.69. The molecule has 1 heterocycles. The van der Waals surface area contributed by atoms with Crippen molar-refractivity contribution in [3.63, 3.8) is 0 Å². The molecule has 0 aliphatic rings. The number of benzene rings is 1. The lowest BCUT2D eigenvalue weighted by Crippen LogP contribution is -2.01. The topological polar surface area (TPSA) is 27.1 Å². The molecular formula is C13H16N2O. The van der Waals surface area contributed by atoms with Gasteiger partial charge in [-0.3, -0.25) is 4.68 Å². The Morgan fingerprint density at radius 1 is 1.25 bits per heavy atom. The summed E-state index contributed by atoms with van der Waals surface area (Å²) in [5.74, 6) is 0. The molecule has 16 heavy (non-hydrogen) atoms. The maximum absolute atomic E-state index is 5.10. The van der Waals surface area contributed by atoms with Crippen LogP contribution in [0.1, 0.15) is 16.8 Å². The zero-order valence-electron chi connectivity index (χ0n) is 9.68. The normalized spacial score (nSPS) is 10.6. The summed E-state index contributed by atoms with van der Waals surface area (Å²) >= 11 is 0. The Morgan fingerprint density at radius 2 is 2.00 bits per heavy atom. The largest absolute Gasteiger partial charge is 0.378 e. The fraction of sp³-hybridized carbons (Fsp3) is 0.308. The maximum atomic E-state index is 5.10. The van der Waals surface area contributed by atoms with Gasteiger partial charge in [0.05, 0.1) is 18.8 Å². The van der Waals surface area contributed by atoms with Crippen molar-refractivity contribution >= 4 is 0 Å². The molecule has 2 rings (SSSR count). The van der Waals surface area contributed by atoms with Gasteiger partial charge in [-0.05, 0) is 18.1 Å². The lowest BCUT2D eigenvalue weighted by Gasteiger charge is -2.00. The van der Waals surface area contributed by atoms with Crippen LogP contribution in [-0.2, 0) is 17.9 Å². The molecule has 0 saturated carbocycles. The molecule has 3 nitrogen and oxygen atoms in total. The lowest BCUT2D eigenvalue weighted by molar-refractivity contribution is 0.180. The van der Waals surface area contributed by atoms with Crippen LogP contribution in [0.5, 0.6) is 0 Å². The van der Waals surface area contributed by atoms with Gasteiger partial charge in [0.1, 0.15) is 0 Å². The molecule has 3 heteroatoms. The SMILES string of the molecule is COCc1nn(Cc2ccccc2)cc1C. The number of methoxy groups -OCH3 is 1. The number of nitrogens with zero attached hydrogens (tertiary/aromatic N) is 2. The van der Waals surface area contributed by atoms with Gasteiger partial charge in [0, 0.05) is 13.3 Å². The summed E-state index contributed by atoms with van der Waals surface area (Å²) in [6.07, 6.45) is 2.06. The van der Waals surface area contributed by atoms with Gasteiger partial charge < -0.3 is 4.74 Å². The molecule has 0 spiro atoms. The van der Waals surface area contributed by atoms with Gasteiger partial charge in [-0.1, -0.05) is 30.3 Å². The van der Waals surface area contributed by atoms with Crippen molar-refractivity contribution < 1.29 is 4.74 Å². The quantitative estimate of drug-likeness (QED) is 0.784. The second-order valence-corrected chi connectivity index (χ2v) is 3.87. The van der Waals surface area contributed by atoms with Gasteiger partial charge in [-0.25, -0.2) is 0 Å². The molecule has 0 aliphatic carbocycles. The van der Waals surface area contributed by atoms with Gasteiger partial charge in [0.15, 0.2) is 0 Å². The Kier molecular flexibility index (Phi) is 3.37. The molecule has 0 unspecified atom stereocenters. The Balaban J connectivity index is 2.13. The average Bonchev–Trinajstić information content (AvgIpc) is 2.61. The van der Waals surface area contributed by atoms with E-state index in [0.29, 0.717) is 6.61 Å². The summed E-state index contributed by atoms with van der Waals surface area (Å²) in [6.45, 7) is 3.45. The summed E-state index contributed by atoms with van der Waals surface area (Å²) in [5.41, 5.74) is 3.45. The third-order valence-electron chi connectivity index (χ3n) is 2.52. The van der Waals surface area contributed by atoms with E-state index in [1.54, 1.807) is 7.11 Å². The van der Waals surface area contributed by atoms with Crippen LogP contribution in [0.4, 0.5) is 0 Å². The van der Waals surface area contributed by atoms with Crippen molar-refractivity contribution in [2.45, 2.75) is 20.1 Å². The van der Waals surface area contributed by atoms with E-state index in [-0.39, 0.29) is 0 Å². The first kappa shape index (κ1) is 10.9. The number of aromatic nitrogens is 2. The highest BCUT2D eigenvalue weighted by molar-refractivity contribution is 5.18. The summed E-state index contributed by atoms with van der Waals surface area (Å²) < 4.78 is 7.05. The summed E-state index contributed by atoms with van der Waals surface area (Å²) in [5, 5.41) is 4.49. The molecule has 0 bridgehead atoms. The minimum Gasteiger partial charge on any atom is -0.378 e. The molecule has 0 amide bonds. The van der Waals surface area contributed by atoms with Crippen LogP contribution in [0.2, 0.25) is 0 Å². The van der Waals surface area contributed by atoms with Crippen molar-refractivity contribution in [2.24, 2.45) is 0 Å². The molecular weight excluding hydrogens is 200 g/mol. The van der Waals surface area contributed by atoms with Crippen LogP contribution in [0.15, 0.2) is 36.5 Å². The average molecular weight is 216 g/mol. The van der Waals surface area contributed by atoms with Crippen LogP contribution in [0, 0.1) is 6.92 Å². The predicted molar refractivity (Wildman–Crippen MR) is 63.2 cm³/mol. The van der Waals surface area contributed by atoms with Gasteiger partial charge in [-0.2, -0.15) is 5.10 Å². The van der Waals surface area contributed by atoms with Crippen molar-refractivity contribution in [3.05, 3.63) is 53.3 Å². The Bertz CT molecular complexity index is 448. The molecule has 0 N–H and O–H groups in total. The molecule has 84 valence electrons. The molecule has 2 aromatic rings. The molecule has 0 atom stereocenters. The van der Waals surface area contributed by atoms with Crippen LogP contribution in [0.3, 0.4) is 0 Å². The van der Waals surface area contributed by atoms with E-state index in [0.717, 1.165) is 12.2 Å². The van der Waals surface area contributed by atoms with Crippen molar-refractivity contribution in [3.8, 4) is 0 Å². The van der Waals surface area contributed by atoms with E-state index >= 15 is 0 Å². The Hall–Kier alpha value is -1.61. The van der Waals surface area contributed by atoms with E-state index in [1.807, 2.05) is 22.9 Å². The van der Waals surface area contributed by atoms with Crippen molar-refractivity contribution in [1.29, 1.82) is 0 Å². The highest BCUT2D eigenvalue weighted by Gasteiger charge is 2.04. The second kappa shape index (κ2) is 4.94. The van der Waals surface area contributed by atoms with E-state index < -0.39 is 0 Å². The first-order valence-corrected chi connectivity index (χ1v) is 5.35. The van der Waals surface area contributed by atoms with Crippen LogP contribution in [0.25, 0.3) is 0 Å². The lowest BCUT2D eigenvalue weighted by atomic mass is 10.2. The molecule has 1 aromatic carbocycles. The smallest absolute Gasteiger partial charge is 0.0910 e. The van der Waals surface area contributed by atoms with E-state index in [9.17, 15) is 0 Å². The molecule has 0 radical (unpaired) electrons. The first-order valence-electron chi connectivity index (χ1n) is 5.35. The van der Waals surface area contributed by atoms with E-state index in [2.05, 4.69) is 30.4 Å². The summed E-state index contributed by atoms with van der Waals surface area (Å²) in [7, 11) is 1.69. The number of hydrogen-bond donors (Lipinski definition) is 0. The molecule has 1 aromatic heterocycles. The van der Waals surface area contributed by atoms with Gasteiger partial charge >= 0.3 is 0 Å². The van der Waals surface area contributed by atoms with Crippen molar-refractivity contribution in [2.75, 3.05) is 7.11 Å². The maximum Gasteiger partial charge on any atom is 0.0910 e. The van der Waals surface area contributed by atoms with Gasteiger partial charge in [0.25, 0.3) is 0 Å². The highest BCUT2D eigenvalue weighted by atomic mass is 16.5. The summed E-state index contributed by atoms with van der Waals surface area (Å²) in [4.78, 5) is 0. The van der Waals surface area contributed by atoms with Crippen LogP contribution < -0.4 is 0 Å². The highest BCUT2D eigenvalue weighted by Crippen LogP contribution is 2.08. The Morgan fingerprint density at radius 3 is 2.69 bits per heavy atom. The van der Waals surface area contributed by atoms with Gasteiger partial charge in [-0.15, -0.1) is 0 Å². The molecule has 0 fully saturated rings. The monoisotopic (exact) mass is 216 g/mol. The Labute approximate surface area is 95.7 Å². The predicted octanol–water partition coefficient (Wildman–Crippen LogP) is 2.39. The minimum absolute atomic E-state index is 0.577. The third-order valence-corrected chi connectivity index (χ3v) is 2.52. The fourth-order valence-electron chi connectivity index (χ4n) is 1.69. The number of rotatable bonds is 4. The number of ether oxygens (including phenoxy) is 1. The van der Waals surface area contributed by atoms with Gasteiger partial charge in [0.2, 0.25) is 0 Å². The van der Waals surface area contributed by atoms with Crippen molar-refractivity contribution in [1.82, 2.24) is 9.78 Å². The van der Waals surface area contributed by atoms with Crippen LogP contribution in [-0.4, -0.2) is 16.9 Å². The first-order chi connectivity index (χ1) is 7.79. The second-order valence-electron chi connectivity index (χ2n) is 3.87. The number of hydrogen-bond acceptors (Lipinski definition) is 2. The third kappa shape index (κ3) is 2.49. The van der Waals surface area contributed by atoms with E-state index in [4.69, 9.17) is 4.74 Å². The molecule has 0 saturated heterocycles. The number of aryl methyl sites for hydroxylation is 1. The zero-order valence-corrected chi connectivity index (χ0v) is 9.68. The minimum atomic E-state index is 0.577. The van der Waals surface area contributed by atoms with E-state index in [1.165, 1.54) is 11.1 Å². The zero-order chi connectivity index (χ0) is 11.4.